The summed E-state index contributed by atoms with van der Waals surface area (Å²) in [6.07, 6.45) is 0.901. The van der Waals surface area contributed by atoms with Gasteiger partial charge in [-0.2, -0.15) is 4.31 Å². The molecule has 0 aromatic heterocycles. The van der Waals surface area contributed by atoms with Crippen LogP contribution >= 0.6 is 11.6 Å². The van der Waals surface area contributed by atoms with Crippen molar-refractivity contribution in [1.29, 1.82) is 0 Å². The lowest BCUT2D eigenvalue weighted by molar-refractivity contribution is -0.126. The van der Waals surface area contributed by atoms with Gasteiger partial charge in [-0.05, 0) is 62.4 Å². The topological polar surface area (TPSA) is 66.5 Å². The fourth-order valence-corrected chi connectivity index (χ4v) is 6.17. The molecule has 3 rings (SSSR count). The summed E-state index contributed by atoms with van der Waals surface area (Å²) in [6.45, 7) is 6.37. The van der Waals surface area contributed by atoms with Crippen molar-refractivity contribution in [2.45, 2.75) is 45.1 Å². The molecule has 1 aliphatic rings. The number of hydrogen-bond donors (Lipinski definition) is 1. The summed E-state index contributed by atoms with van der Waals surface area (Å²) in [5.41, 5.74) is 3.14. The van der Waals surface area contributed by atoms with Crippen LogP contribution in [0.25, 0.3) is 0 Å². The number of nitrogens with one attached hydrogen (secondary N) is 1. The van der Waals surface area contributed by atoms with Crippen molar-refractivity contribution >= 4 is 27.5 Å². The smallest absolute Gasteiger partial charge is 0.243 e. The van der Waals surface area contributed by atoms with Crippen LogP contribution < -0.4 is 5.32 Å². The molecule has 1 aliphatic heterocycles. The number of hydrogen-bond acceptors (Lipinski definition) is 3. The van der Waals surface area contributed by atoms with Crippen LogP contribution in [0, 0.1) is 32.5 Å². The van der Waals surface area contributed by atoms with Gasteiger partial charge in [0.2, 0.25) is 15.9 Å². The van der Waals surface area contributed by atoms with E-state index in [2.05, 4.69) is 5.32 Å². The molecule has 0 spiro atoms. The Morgan fingerprint density at radius 2 is 1.73 bits per heavy atom. The molecule has 1 amide bonds. The van der Waals surface area contributed by atoms with Crippen molar-refractivity contribution in [3.63, 3.8) is 0 Å². The molecule has 5 nitrogen and oxygen atoms in total. The van der Waals surface area contributed by atoms with Crippen LogP contribution in [0.2, 0.25) is 5.02 Å². The molecule has 0 bridgehead atoms. The summed E-state index contributed by atoms with van der Waals surface area (Å²) in [5, 5.41) is 3.09. The average Bonchev–Trinajstić information content (AvgIpc) is 2.66. The van der Waals surface area contributed by atoms with Crippen molar-refractivity contribution in [3.05, 3.63) is 63.4 Å². The number of carbonyl (C=O) groups excluding carboxylic acids is 1. The molecule has 1 heterocycles. The van der Waals surface area contributed by atoms with Crippen molar-refractivity contribution in [3.8, 4) is 0 Å². The summed E-state index contributed by atoms with van der Waals surface area (Å²) in [4.78, 5) is 12.9. The summed E-state index contributed by atoms with van der Waals surface area (Å²) in [6, 6.07) is 7.80. The Balaban J connectivity index is 1.62. The quantitative estimate of drug-likeness (QED) is 0.742. The Hall–Kier alpha value is -1.96. The molecule has 1 N–H and O–H groups in total. The zero-order chi connectivity index (χ0) is 22.1. The number of sulfonamides is 1. The Morgan fingerprint density at radius 1 is 1.13 bits per heavy atom. The van der Waals surface area contributed by atoms with Gasteiger partial charge in [0.25, 0.3) is 0 Å². The SMILES string of the molecule is Cc1cc(C)c(S(=O)(=O)N2CCC(C(=O)NCc3ccc(F)cc3Cl)CC2)c(C)c1. The molecule has 1 saturated heterocycles. The summed E-state index contributed by atoms with van der Waals surface area (Å²) in [7, 11) is -3.61. The average molecular weight is 453 g/mol. The van der Waals surface area contributed by atoms with Crippen molar-refractivity contribution < 1.29 is 17.6 Å². The van der Waals surface area contributed by atoms with Crippen LogP contribution in [0.3, 0.4) is 0 Å². The third-order valence-corrected chi connectivity index (χ3v) is 8.05. The summed E-state index contributed by atoms with van der Waals surface area (Å²) >= 11 is 6.00. The van der Waals surface area contributed by atoms with E-state index in [1.807, 2.05) is 32.9 Å². The number of nitrogens with zero attached hydrogens (tertiary/aromatic N) is 1. The molecule has 1 fully saturated rings. The van der Waals surface area contributed by atoms with E-state index in [1.165, 1.54) is 16.4 Å². The summed E-state index contributed by atoms with van der Waals surface area (Å²) in [5.74, 6) is -0.839. The largest absolute Gasteiger partial charge is 0.352 e. The molecular formula is C22H26ClFN2O3S. The van der Waals surface area contributed by atoms with Crippen LogP contribution in [0.1, 0.15) is 35.1 Å². The van der Waals surface area contributed by atoms with E-state index < -0.39 is 15.8 Å². The highest BCUT2D eigenvalue weighted by Crippen LogP contribution is 2.29. The molecule has 8 heteroatoms. The van der Waals surface area contributed by atoms with Gasteiger partial charge in [-0.3, -0.25) is 4.79 Å². The minimum Gasteiger partial charge on any atom is -0.352 e. The first-order valence-electron chi connectivity index (χ1n) is 9.89. The summed E-state index contributed by atoms with van der Waals surface area (Å²) < 4.78 is 41.0. The maximum Gasteiger partial charge on any atom is 0.243 e. The van der Waals surface area contributed by atoms with Gasteiger partial charge < -0.3 is 5.32 Å². The highest BCUT2D eigenvalue weighted by Gasteiger charge is 2.33. The Kier molecular flexibility index (Phi) is 6.84. The lowest BCUT2D eigenvalue weighted by Gasteiger charge is -2.31. The molecule has 0 radical (unpaired) electrons. The van der Waals surface area contributed by atoms with Crippen LogP contribution in [-0.4, -0.2) is 31.7 Å². The van der Waals surface area contributed by atoms with E-state index in [1.54, 1.807) is 6.07 Å². The molecule has 0 atom stereocenters. The number of carbonyl (C=O) groups is 1. The highest BCUT2D eigenvalue weighted by atomic mass is 35.5. The van der Waals surface area contributed by atoms with Gasteiger partial charge in [0.15, 0.2) is 0 Å². The van der Waals surface area contributed by atoms with E-state index in [9.17, 15) is 17.6 Å². The zero-order valence-corrected chi connectivity index (χ0v) is 18.9. The second-order valence-electron chi connectivity index (χ2n) is 7.86. The van der Waals surface area contributed by atoms with Gasteiger partial charge >= 0.3 is 0 Å². The molecule has 162 valence electrons. The minimum atomic E-state index is -3.61. The van der Waals surface area contributed by atoms with Crippen LogP contribution in [0.15, 0.2) is 35.2 Å². The van der Waals surface area contributed by atoms with Crippen LogP contribution in [0.4, 0.5) is 4.39 Å². The lowest BCUT2D eigenvalue weighted by Crippen LogP contribution is -2.43. The molecule has 2 aromatic rings. The molecule has 0 unspecified atom stereocenters. The predicted octanol–water partition coefficient (Wildman–Crippen LogP) is 4.12. The maximum absolute atomic E-state index is 13.2. The van der Waals surface area contributed by atoms with Crippen LogP contribution in [-0.2, 0) is 21.4 Å². The normalized spacial score (nSPS) is 15.9. The fraction of sp³-hybridized carbons (Fsp3) is 0.409. The molecule has 30 heavy (non-hydrogen) atoms. The first-order valence-corrected chi connectivity index (χ1v) is 11.7. The maximum atomic E-state index is 13.2. The standard InChI is InChI=1S/C22H26ClFN2O3S/c1-14-10-15(2)21(16(3)11-14)30(28,29)26-8-6-17(7-9-26)22(27)25-13-18-4-5-19(24)12-20(18)23/h4-5,10-12,17H,6-9,13H2,1-3H3,(H,25,27). The highest BCUT2D eigenvalue weighted by molar-refractivity contribution is 7.89. The third kappa shape index (κ3) is 4.85. The number of piperidine rings is 1. The van der Waals surface area contributed by atoms with Gasteiger partial charge in [0.1, 0.15) is 5.82 Å². The molecular weight excluding hydrogens is 427 g/mol. The fourth-order valence-electron chi connectivity index (χ4n) is 4.05. The van der Waals surface area contributed by atoms with Gasteiger partial charge in [-0.15, -0.1) is 0 Å². The minimum absolute atomic E-state index is 0.143. The number of aryl methyl sites for hydroxylation is 3. The molecule has 2 aromatic carbocycles. The van der Waals surface area contributed by atoms with Gasteiger partial charge in [-0.1, -0.05) is 35.4 Å². The number of benzene rings is 2. The van der Waals surface area contributed by atoms with Gasteiger partial charge in [0, 0.05) is 30.6 Å². The Bertz CT molecular complexity index is 1040. The van der Waals surface area contributed by atoms with Crippen molar-refractivity contribution in [1.82, 2.24) is 9.62 Å². The molecule has 0 aliphatic carbocycles. The second kappa shape index (κ2) is 9.04. The van der Waals surface area contributed by atoms with Crippen molar-refractivity contribution in [2.75, 3.05) is 13.1 Å². The van der Waals surface area contributed by atoms with Gasteiger partial charge in [-0.25, -0.2) is 12.8 Å². The van der Waals surface area contributed by atoms with E-state index in [0.29, 0.717) is 36.4 Å². The first kappa shape index (κ1) is 22.7. The first-order chi connectivity index (χ1) is 14.1. The predicted molar refractivity (Wildman–Crippen MR) is 115 cm³/mol. The Morgan fingerprint density at radius 3 is 2.30 bits per heavy atom. The van der Waals surface area contributed by atoms with E-state index in [-0.39, 0.29) is 23.4 Å². The van der Waals surface area contributed by atoms with Gasteiger partial charge in [0.05, 0.1) is 4.90 Å². The number of amides is 1. The van der Waals surface area contributed by atoms with Crippen molar-refractivity contribution in [2.24, 2.45) is 5.92 Å². The van der Waals surface area contributed by atoms with Crippen LogP contribution in [0.5, 0.6) is 0 Å². The second-order valence-corrected chi connectivity index (χ2v) is 10.1. The zero-order valence-electron chi connectivity index (χ0n) is 17.3. The lowest BCUT2D eigenvalue weighted by atomic mass is 9.97. The third-order valence-electron chi connectivity index (χ3n) is 5.50. The number of rotatable bonds is 5. The Labute approximate surface area is 182 Å². The monoisotopic (exact) mass is 452 g/mol. The molecule has 0 saturated carbocycles. The van der Waals surface area contributed by atoms with E-state index in [0.717, 1.165) is 16.7 Å². The number of halogens is 2. The van der Waals surface area contributed by atoms with E-state index in [4.69, 9.17) is 11.6 Å². The van der Waals surface area contributed by atoms with E-state index >= 15 is 0 Å².